The Labute approximate surface area is 312 Å². The van der Waals surface area contributed by atoms with Crippen molar-refractivity contribution in [2.24, 2.45) is 5.41 Å². The van der Waals surface area contributed by atoms with Gasteiger partial charge in [-0.15, -0.1) is 11.3 Å². The van der Waals surface area contributed by atoms with Crippen molar-refractivity contribution < 1.29 is 46.1 Å². The Morgan fingerprint density at radius 1 is 0.830 bits per heavy atom. The van der Waals surface area contributed by atoms with Crippen LogP contribution in [-0.4, -0.2) is 67.9 Å². The van der Waals surface area contributed by atoms with Crippen LogP contribution in [0.5, 0.6) is 0 Å². The molecule has 53 heavy (non-hydrogen) atoms. The number of alkyl halides is 3. The largest absolute Gasteiger partial charge is 0.453 e. The number of nitrogens with zero attached hydrogens (tertiary/aromatic N) is 1. The molecule has 0 aliphatic rings. The molecule has 0 radical (unpaired) electrons. The normalized spacial score (nSPS) is 13.0. The summed E-state index contributed by atoms with van der Waals surface area (Å²) in [6.07, 6.45) is -4.50. The Hall–Kier alpha value is -4.28. The number of amides is 2. The van der Waals surface area contributed by atoms with E-state index < -0.39 is 53.4 Å². The number of ether oxygens (including phenoxy) is 1. The molecule has 2 atom stereocenters. The third kappa shape index (κ3) is 13.6. The van der Waals surface area contributed by atoms with Crippen LogP contribution in [0, 0.1) is 5.41 Å². The maximum Gasteiger partial charge on any atom is 0.413 e. The van der Waals surface area contributed by atoms with Crippen molar-refractivity contribution in [1.82, 2.24) is 14.9 Å². The van der Waals surface area contributed by atoms with E-state index in [9.17, 15) is 41.4 Å². The quantitative estimate of drug-likeness (QED) is 0.111. The first-order valence-electron chi connectivity index (χ1n) is 16.7. The second-order valence-electron chi connectivity index (χ2n) is 13.2. The van der Waals surface area contributed by atoms with E-state index in [-0.39, 0.29) is 33.2 Å². The molecule has 4 rings (SSSR count). The lowest BCUT2D eigenvalue weighted by molar-refractivity contribution is -0.162. The molecule has 15 heteroatoms. The van der Waals surface area contributed by atoms with Crippen LogP contribution in [0.4, 0.5) is 18.0 Å². The minimum atomic E-state index is -4.91. The van der Waals surface area contributed by atoms with Crippen molar-refractivity contribution >= 4 is 33.4 Å². The molecule has 2 unspecified atom stereocenters. The van der Waals surface area contributed by atoms with E-state index in [0.29, 0.717) is 23.3 Å². The van der Waals surface area contributed by atoms with Gasteiger partial charge in [-0.1, -0.05) is 93.6 Å². The summed E-state index contributed by atoms with van der Waals surface area (Å²) in [4.78, 5) is 22.9. The lowest BCUT2D eigenvalue weighted by atomic mass is 9.92. The molecule has 0 aliphatic carbocycles. The molecular weight excluding hydrogens is 732 g/mol. The van der Waals surface area contributed by atoms with Gasteiger partial charge in [-0.05, 0) is 59.2 Å². The van der Waals surface area contributed by atoms with Gasteiger partial charge < -0.3 is 25.6 Å². The summed E-state index contributed by atoms with van der Waals surface area (Å²) in [5, 5.41) is 23.4. The first kappa shape index (κ1) is 43.1. The van der Waals surface area contributed by atoms with E-state index in [1.165, 1.54) is 41.5 Å². The van der Waals surface area contributed by atoms with Crippen molar-refractivity contribution in [2.75, 3.05) is 26.8 Å². The topological polar surface area (TPSA) is 145 Å². The van der Waals surface area contributed by atoms with E-state index >= 15 is 0 Å². The molecule has 4 aromatic rings. The van der Waals surface area contributed by atoms with E-state index in [1.54, 1.807) is 0 Å². The number of aliphatic hydroxyl groups is 2. The highest BCUT2D eigenvalue weighted by atomic mass is 32.2. The van der Waals surface area contributed by atoms with Crippen LogP contribution in [0.3, 0.4) is 0 Å². The number of thiophene rings is 1. The standard InChI is InChI=1S/C25H34F3N3O7S2.C13H12/c1-24(2,3)11-12-31(40(36,37)17-7-5-16(14-32)6-8-17)18(15-33)19-9-10-20(39-19)22(25(26,27)28)30-21(34)13-29-23(35)38-4;1-3-7-12(8-4-1)11-13-9-5-2-6-10-13/h5-10,18,22,32-33H,11-15H2,1-4H3,(H,29,35)(H,30,34);1-10H,11H2. The van der Waals surface area contributed by atoms with Gasteiger partial charge in [0.2, 0.25) is 15.9 Å². The van der Waals surface area contributed by atoms with Crippen LogP contribution in [-0.2, 0) is 32.6 Å². The van der Waals surface area contributed by atoms with Gasteiger partial charge in [0, 0.05) is 16.3 Å². The summed E-state index contributed by atoms with van der Waals surface area (Å²) in [7, 11) is -3.20. The SMILES string of the molecule is COC(=O)NCC(=O)NC(c1ccc(C(CO)N(CCC(C)(C)C)S(=O)(=O)c2ccc(CO)cc2)s1)C(F)(F)F.c1ccc(Cc2ccccc2)cc1. The minimum absolute atomic E-state index is 0.0370. The summed E-state index contributed by atoms with van der Waals surface area (Å²) in [6.45, 7) is 3.89. The molecule has 1 heterocycles. The molecule has 288 valence electrons. The average Bonchev–Trinajstić information content (AvgIpc) is 3.60. The Kier molecular flexibility index (Phi) is 16.0. The number of hydrogen-bond acceptors (Lipinski definition) is 8. The molecule has 0 spiro atoms. The number of methoxy groups -OCH3 is 1. The molecule has 0 saturated heterocycles. The third-order valence-corrected chi connectivity index (χ3v) is 11.1. The van der Waals surface area contributed by atoms with E-state index in [0.717, 1.165) is 23.9 Å². The minimum Gasteiger partial charge on any atom is -0.453 e. The Bertz CT molecular complexity index is 1790. The lowest BCUT2D eigenvalue weighted by Crippen LogP contribution is -2.43. The van der Waals surface area contributed by atoms with Gasteiger partial charge in [0.05, 0.1) is 31.3 Å². The van der Waals surface area contributed by atoms with Gasteiger partial charge in [0.15, 0.2) is 6.04 Å². The summed E-state index contributed by atoms with van der Waals surface area (Å²) >= 11 is 0.605. The predicted molar refractivity (Wildman–Crippen MR) is 198 cm³/mol. The summed E-state index contributed by atoms with van der Waals surface area (Å²) < 4.78 is 74.5. The maximum atomic E-state index is 13.9. The highest BCUT2D eigenvalue weighted by Gasteiger charge is 2.43. The summed E-state index contributed by atoms with van der Waals surface area (Å²) in [5.41, 5.74) is 2.92. The van der Waals surface area contributed by atoms with E-state index in [4.69, 9.17) is 0 Å². The molecule has 0 aliphatic heterocycles. The first-order chi connectivity index (χ1) is 25.0. The second-order valence-corrected chi connectivity index (χ2v) is 16.2. The molecular formula is C38H46F3N3O7S2. The number of aliphatic hydroxyl groups excluding tert-OH is 2. The first-order valence-corrected chi connectivity index (χ1v) is 18.9. The molecule has 3 aromatic carbocycles. The number of sulfonamides is 1. The zero-order valence-electron chi connectivity index (χ0n) is 30.0. The van der Waals surface area contributed by atoms with Gasteiger partial charge in [0.25, 0.3) is 0 Å². The van der Waals surface area contributed by atoms with Gasteiger partial charge >= 0.3 is 12.3 Å². The summed E-state index contributed by atoms with van der Waals surface area (Å²) in [6, 6.07) is 25.3. The number of halogens is 3. The smallest absolute Gasteiger partial charge is 0.413 e. The number of rotatable bonds is 14. The molecule has 0 bridgehead atoms. The predicted octanol–water partition coefficient (Wildman–Crippen LogP) is 6.75. The van der Waals surface area contributed by atoms with Crippen LogP contribution in [0.25, 0.3) is 0 Å². The third-order valence-electron chi connectivity index (χ3n) is 7.88. The van der Waals surface area contributed by atoms with Crippen molar-refractivity contribution in [2.45, 2.75) is 63.4 Å². The van der Waals surface area contributed by atoms with Crippen LogP contribution in [0.2, 0.25) is 0 Å². The number of benzene rings is 3. The van der Waals surface area contributed by atoms with Gasteiger partial charge in [-0.3, -0.25) is 4.79 Å². The summed E-state index contributed by atoms with van der Waals surface area (Å²) in [5.74, 6) is -1.12. The highest BCUT2D eigenvalue weighted by molar-refractivity contribution is 7.89. The fraction of sp³-hybridized carbons (Fsp3) is 0.368. The van der Waals surface area contributed by atoms with Crippen molar-refractivity contribution in [3.8, 4) is 0 Å². The zero-order valence-corrected chi connectivity index (χ0v) is 31.6. The average molecular weight is 778 g/mol. The maximum absolute atomic E-state index is 13.9. The molecule has 2 amide bonds. The lowest BCUT2D eigenvalue weighted by Gasteiger charge is -2.31. The van der Waals surface area contributed by atoms with Crippen molar-refractivity contribution in [3.05, 3.63) is 124 Å². The highest BCUT2D eigenvalue weighted by Crippen LogP contribution is 2.40. The zero-order chi connectivity index (χ0) is 39.2. The second kappa shape index (κ2) is 19.7. The van der Waals surface area contributed by atoms with Gasteiger partial charge in [0.1, 0.15) is 6.54 Å². The molecule has 1 aromatic heterocycles. The monoisotopic (exact) mass is 777 g/mol. The Morgan fingerprint density at radius 2 is 1.38 bits per heavy atom. The Morgan fingerprint density at radius 3 is 1.85 bits per heavy atom. The number of carbonyl (C=O) groups is 2. The van der Waals surface area contributed by atoms with Gasteiger partial charge in [-0.25, -0.2) is 13.2 Å². The van der Waals surface area contributed by atoms with Crippen LogP contribution < -0.4 is 10.6 Å². The van der Waals surface area contributed by atoms with Crippen LogP contribution in [0.15, 0.2) is 102 Å². The molecule has 0 fully saturated rings. The number of hydrogen-bond donors (Lipinski definition) is 4. The number of carbonyl (C=O) groups excluding carboxylic acids is 2. The van der Waals surface area contributed by atoms with Crippen molar-refractivity contribution in [3.63, 3.8) is 0 Å². The molecule has 4 N–H and O–H groups in total. The fourth-order valence-corrected chi connectivity index (χ4v) is 7.85. The van der Waals surface area contributed by atoms with E-state index in [2.05, 4.69) is 65.4 Å². The van der Waals surface area contributed by atoms with Crippen molar-refractivity contribution in [1.29, 1.82) is 0 Å². The molecule has 0 saturated carbocycles. The number of alkyl carbamates (subject to hydrolysis) is 1. The number of nitrogens with one attached hydrogen (secondary N) is 2. The Balaban J connectivity index is 0.000000482. The molecule has 10 nitrogen and oxygen atoms in total. The fourth-order valence-electron chi connectivity index (χ4n) is 5.00. The van der Waals surface area contributed by atoms with E-state index in [1.807, 2.05) is 31.4 Å². The van der Waals surface area contributed by atoms with Crippen LogP contribution in [0.1, 0.15) is 65.7 Å². The van der Waals surface area contributed by atoms with Crippen LogP contribution >= 0.6 is 11.3 Å². The van der Waals surface area contributed by atoms with Gasteiger partial charge in [-0.2, -0.15) is 17.5 Å².